The number of benzene rings is 5. The molecule has 38 heavy (non-hydrogen) atoms. The first kappa shape index (κ1) is 22.0. The lowest BCUT2D eigenvalue weighted by Gasteiger charge is -2.22. The molecule has 1 aliphatic rings. The molecule has 0 spiro atoms. The minimum Gasteiger partial charge on any atom is -0.440 e. The second-order valence-corrected chi connectivity index (χ2v) is 9.34. The molecular formula is C34H21NO3. The number of Topliss-reactive ketones (excluding diaryl/α,β-unsaturated/α-hetero) is 2. The number of carbonyl (C=O) groups excluding carboxylic acids is 2. The third-order valence-corrected chi connectivity index (χ3v) is 6.97. The number of furan rings is 1. The maximum Gasteiger partial charge on any atom is 0.205 e. The van der Waals surface area contributed by atoms with Gasteiger partial charge in [-0.05, 0) is 82.2 Å². The van der Waals surface area contributed by atoms with E-state index < -0.39 is 0 Å². The molecule has 1 aliphatic carbocycles. The molecule has 0 amide bonds. The quantitative estimate of drug-likeness (QED) is 0.141. The van der Waals surface area contributed by atoms with Gasteiger partial charge < -0.3 is 4.42 Å². The van der Waals surface area contributed by atoms with E-state index in [2.05, 4.69) is 12.1 Å². The number of carbonyl (C=O) groups is 2. The van der Waals surface area contributed by atoms with Gasteiger partial charge in [0.15, 0.2) is 11.6 Å². The van der Waals surface area contributed by atoms with Crippen molar-refractivity contribution in [3.05, 3.63) is 144 Å². The number of allylic oxidation sites excluding steroid dienone is 1. The highest BCUT2D eigenvalue weighted by molar-refractivity contribution is 6.42. The zero-order chi connectivity index (χ0) is 25.6. The Morgan fingerprint density at radius 3 is 1.55 bits per heavy atom. The fourth-order valence-electron chi connectivity index (χ4n) is 5.13. The van der Waals surface area contributed by atoms with Crippen molar-refractivity contribution in [3.8, 4) is 0 Å². The minimum absolute atomic E-state index is 0.117. The summed E-state index contributed by atoms with van der Waals surface area (Å²) in [5, 5.41) is 4.06. The monoisotopic (exact) mass is 491 g/mol. The maximum absolute atomic E-state index is 13.4. The van der Waals surface area contributed by atoms with E-state index in [-0.39, 0.29) is 17.1 Å². The van der Waals surface area contributed by atoms with Gasteiger partial charge in [-0.25, -0.2) is 0 Å². The van der Waals surface area contributed by atoms with Crippen molar-refractivity contribution in [3.63, 3.8) is 0 Å². The molecule has 0 saturated heterocycles. The molecule has 0 saturated carbocycles. The van der Waals surface area contributed by atoms with Crippen LogP contribution in [0.1, 0.15) is 26.5 Å². The molecule has 1 heterocycles. The van der Waals surface area contributed by atoms with Crippen molar-refractivity contribution < 1.29 is 14.0 Å². The molecule has 0 radical (unpaired) electrons. The Labute approximate surface area is 219 Å². The highest BCUT2D eigenvalue weighted by Gasteiger charge is 2.34. The number of para-hydroxylation sites is 2. The summed E-state index contributed by atoms with van der Waals surface area (Å²) in [5.41, 5.74) is 2.86. The molecule has 7 rings (SSSR count). The fraction of sp³-hybridized carbons (Fsp3) is 0. The summed E-state index contributed by atoms with van der Waals surface area (Å²) in [4.78, 5) is 28.7. The topological polar surface area (TPSA) is 50.5 Å². The van der Waals surface area contributed by atoms with E-state index in [1.165, 1.54) is 0 Å². The Hall–Kier alpha value is -5.22. The standard InChI is InChI=1S/C34H21NO3/c36-33-29-19-24-17-22-9-7-8-10-23(22)18-25(24)20-30(29)34(37)31(33)21-28-15-16-32(38-28)35(26-11-3-1-4-12-26)27-13-5-2-6-14-27/h1-21H. The molecule has 6 aromatic rings. The van der Waals surface area contributed by atoms with E-state index in [1.54, 1.807) is 12.1 Å². The van der Waals surface area contributed by atoms with Crippen LogP contribution in [0.25, 0.3) is 27.6 Å². The number of ketones is 2. The highest BCUT2D eigenvalue weighted by atomic mass is 16.4. The van der Waals surface area contributed by atoms with Crippen molar-refractivity contribution in [2.24, 2.45) is 0 Å². The number of hydrogen-bond donors (Lipinski definition) is 0. The Kier molecular flexibility index (Phi) is 5.05. The van der Waals surface area contributed by atoms with Crippen LogP contribution in [0.3, 0.4) is 0 Å². The van der Waals surface area contributed by atoms with Crippen molar-refractivity contribution in [1.82, 2.24) is 0 Å². The van der Waals surface area contributed by atoms with Crippen LogP contribution in [-0.4, -0.2) is 11.6 Å². The normalized spacial score (nSPS) is 12.8. The van der Waals surface area contributed by atoms with Crippen molar-refractivity contribution in [1.29, 1.82) is 0 Å². The lowest BCUT2D eigenvalue weighted by molar-refractivity contribution is 0.0990. The molecule has 4 heteroatoms. The molecular weight excluding hydrogens is 470 g/mol. The van der Waals surface area contributed by atoms with E-state index in [0.29, 0.717) is 22.8 Å². The molecule has 5 aromatic carbocycles. The molecule has 0 bridgehead atoms. The lowest BCUT2D eigenvalue weighted by atomic mass is 9.99. The summed E-state index contributed by atoms with van der Waals surface area (Å²) in [5.74, 6) is 0.473. The summed E-state index contributed by atoms with van der Waals surface area (Å²) < 4.78 is 6.19. The fourth-order valence-corrected chi connectivity index (χ4v) is 5.13. The van der Waals surface area contributed by atoms with Crippen LogP contribution < -0.4 is 4.90 Å². The molecule has 0 N–H and O–H groups in total. The Bertz CT molecular complexity index is 1780. The summed E-state index contributed by atoms with van der Waals surface area (Å²) in [6, 6.07) is 39.3. The summed E-state index contributed by atoms with van der Waals surface area (Å²) in [6.07, 6.45) is 1.56. The first-order valence-corrected chi connectivity index (χ1v) is 12.4. The van der Waals surface area contributed by atoms with Gasteiger partial charge in [-0.3, -0.25) is 14.5 Å². The zero-order valence-electron chi connectivity index (χ0n) is 20.3. The van der Waals surface area contributed by atoms with Gasteiger partial charge in [0.1, 0.15) is 5.76 Å². The van der Waals surface area contributed by atoms with E-state index in [4.69, 9.17) is 4.42 Å². The number of hydrogen-bond acceptors (Lipinski definition) is 4. The van der Waals surface area contributed by atoms with Gasteiger partial charge in [0.05, 0.1) is 5.57 Å². The smallest absolute Gasteiger partial charge is 0.205 e. The number of rotatable bonds is 4. The molecule has 4 nitrogen and oxygen atoms in total. The van der Waals surface area contributed by atoms with Crippen molar-refractivity contribution in [2.75, 3.05) is 4.90 Å². The SMILES string of the molecule is O=C1C(=Cc2ccc(N(c3ccccc3)c3ccccc3)o2)C(=O)c2cc3cc4ccccc4cc3cc21. The van der Waals surface area contributed by atoms with Gasteiger partial charge in [0.25, 0.3) is 0 Å². The van der Waals surface area contributed by atoms with E-state index in [1.807, 2.05) is 108 Å². The minimum atomic E-state index is -0.277. The average molecular weight is 492 g/mol. The van der Waals surface area contributed by atoms with Gasteiger partial charge in [0, 0.05) is 28.6 Å². The number of fused-ring (bicyclic) bond motifs is 3. The third kappa shape index (κ3) is 3.62. The van der Waals surface area contributed by atoms with Crippen LogP contribution in [0.5, 0.6) is 0 Å². The molecule has 0 fully saturated rings. The third-order valence-electron chi connectivity index (χ3n) is 6.97. The van der Waals surface area contributed by atoms with Crippen LogP contribution in [0.2, 0.25) is 0 Å². The van der Waals surface area contributed by atoms with E-state index >= 15 is 0 Å². The molecule has 0 unspecified atom stereocenters. The molecule has 0 aliphatic heterocycles. The van der Waals surface area contributed by atoms with Gasteiger partial charge >= 0.3 is 0 Å². The Balaban J connectivity index is 1.28. The highest BCUT2D eigenvalue weighted by Crippen LogP contribution is 2.37. The molecule has 1 aromatic heterocycles. The van der Waals surface area contributed by atoms with Gasteiger partial charge in [-0.15, -0.1) is 0 Å². The second-order valence-electron chi connectivity index (χ2n) is 9.34. The van der Waals surface area contributed by atoms with Crippen molar-refractivity contribution in [2.45, 2.75) is 0 Å². The van der Waals surface area contributed by atoms with Crippen LogP contribution in [0, 0.1) is 0 Å². The summed E-state index contributed by atoms with van der Waals surface area (Å²) >= 11 is 0. The van der Waals surface area contributed by atoms with Crippen LogP contribution >= 0.6 is 0 Å². The summed E-state index contributed by atoms with van der Waals surface area (Å²) in [6.45, 7) is 0. The largest absolute Gasteiger partial charge is 0.440 e. The number of nitrogens with zero attached hydrogens (tertiary/aromatic N) is 1. The lowest BCUT2D eigenvalue weighted by Crippen LogP contribution is -2.08. The number of anilines is 3. The van der Waals surface area contributed by atoms with Gasteiger partial charge in [-0.1, -0.05) is 60.7 Å². The Morgan fingerprint density at radius 1 is 0.526 bits per heavy atom. The summed E-state index contributed by atoms with van der Waals surface area (Å²) in [7, 11) is 0. The maximum atomic E-state index is 13.4. The van der Waals surface area contributed by atoms with Crippen LogP contribution in [0.4, 0.5) is 17.3 Å². The van der Waals surface area contributed by atoms with Gasteiger partial charge in [0.2, 0.25) is 5.88 Å². The first-order chi connectivity index (χ1) is 18.7. The molecule has 180 valence electrons. The second kappa shape index (κ2) is 8.71. The van der Waals surface area contributed by atoms with E-state index in [9.17, 15) is 9.59 Å². The predicted molar refractivity (Wildman–Crippen MR) is 151 cm³/mol. The zero-order valence-corrected chi connectivity index (χ0v) is 20.3. The Morgan fingerprint density at radius 2 is 1.03 bits per heavy atom. The van der Waals surface area contributed by atoms with Crippen LogP contribution in [-0.2, 0) is 0 Å². The molecule has 0 atom stereocenters. The van der Waals surface area contributed by atoms with Gasteiger partial charge in [-0.2, -0.15) is 0 Å². The van der Waals surface area contributed by atoms with E-state index in [0.717, 1.165) is 32.9 Å². The average Bonchev–Trinajstić information content (AvgIpc) is 3.50. The first-order valence-electron chi connectivity index (χ1n) is 12.4. The van der Waals surface area contributed by atoms with Crippen molar-refractivity contribution >= 4 is 56.4 Å². The predicted octanol–water partition coefficient (Wildman–Crippen LogP) is 8.52. The van der Waals surface area contributed by atoms with Crippen LogP contribution in [0.15, 0.2) is 131 Å².